The molecule has 0 bridgehead atoms. The van der Waals surface area contributed by atoms with Crippen LogP contribution in [0.1, 0.15) is 13.8 Å². The van der Waals surface area contributed by atoms with Crippen LogP contribution in [0, 0.1) is 0 Å². The van der Waals surface area contributed by atoms with Crippen molar-refractivity contribution in [3.8, 4) is 0 Å². The summed E-state index contributed by atoms with van der Waals surface area (Å²) < 4.78 is 7.45. The van der Waals surface area contributed by atoms with Gasteiger partial charge in [0.05, 0.1) is 13.5 Å². The Morgan fingerprint density at radius 2 is 2.38 bits per heavy atom. The van der Waals surface area contributed by atoms with Gasteiger partial charge in [0.1, 0.15) is 0 Å². The normalized spacial score (nSPS) is 15.9. The summed E-state index contributed by atoms with van der Waals surface area (Å²) in [7, 11) is 1.81. The van der Waals surface area contributed by atoms with E-state index >= 15 is 0 Å². The molecule has 0 fully saturated rings. The fourth-order valence-corrected chi connectivity index (χ4v) is 1.25. The molecule has 13 heavy (non-hydrogen) atoms. The topological polar surface area (TPSA) is 32.5 Å². The van der Waals surface area contributed by atoms with Gasteiger partial charge >= 0.3 is 5.90 Å². The number of ether oxygens (including phenoxy) is 1. The smallest absolute Gasteiger partial charge is 0.333 e. The zero-order chi connectivity index (χ0) is 9.84. The third-order valence-corrected chi connectivity index (χ3v) is 2.36. The molecule has 0 aromatic carbocycles. The molecule has 0 spiro atoms. The first-order valence-corrected chi connectivity index (χ1v) is 4.54. The summed E-state index contributed by atoms with van der Waals surface area (Å²) in [5.74, 6) is 1.08. The standard InChI is InChI=1S/C9H17N2O2/c1-8(12)10(3)4-5-11-6-7-13-9(11)2/h4-7H2,1-3H3/q+1. The lowest BCUT2D eigenvalue weighted by Gasteiger charge is -2.12. The van der Waals surface area contributed by atoms with E-state index in [0.717, 1.165) is 32.1 Å². The van der Waals surface area contributed by atoms with Crippen molar-refractivity contribution in [3.63, 3.8) is 0 Å². The quantitative estimate of drug-likeness (QED) is 0.576. The summed E-state index contributed by atoms with van der Waals surface area (Å²) in [6, 6.07) is 0. The molecule has 1 rings (SSSR count). The van der Waals surface area contributed by atoms with Crippen molar-refractivity contribution in [1.29, 1.82) is 0 Å². The number of hydrogen-bond acceptors (Lipinski definition) is 2. The number of carbonyl (C=O) groups excluding carboxylic acids is 1. The third-order valence-electron chi connectivity index (χ3n) is 2.36. The Hall–Kier alpha value is -1.06. The van der Waals surface area contributed by atoms with E-state index in [9.17, 15) is 4.79 Å². The average molecular weight is 185 g/mol. The van der Waals surface area contributed by atoms with Gasteiger partial charge in [-0.05, 0) is 0 Å². The predicted molar refractivity (Wildman–Crippen MR) is 49.9 cm³/mol. The number of carbonyl (C=O) groups is 1. The number of nitrogens with zero attached hydrogens (tertiary/aromatic N) is 2. The van der Waals surface area contributed by atoms with Gasteiger partial charge in [-0.25, -0.2) is 0 Å². The van der Waals surface area contributed by atoms with Gasteiger partial charge in [-0.1, -0.05) is 0 Å². The van der Waals surface area contributed by atoms with E-state index in [2.05, 4.69) is 4.58 Å². The molecule has 4 heteroatoms. The molecule has 0 atom stereocenters. The Balaban J connectivity index is 2.34. The summed E-state index contributed by atoms with van der Waals surface area (Å²) in [6.45, 7) is 6.88. The highest BCUT2D eigenvalue weighted by atomic mass is 16.5. The summed E-state index contributed by atoms with van der Waals surface area (Å²) in [5, 5.41) is 0. The second kappa shape index (κ2) is 4.25. The summed E-state index contributed by atoms with van der Waals surface area (Å²) in [6.07, 6.45) is 0. The van der Waals surface area contributed by atoms with E-state index in [1.165, 1.54) is 0 Å². The van der Waals surface area contributed by atoms with Crippen molar-refractivity contribution in [3.05, 3.63) is 0 Å². The Kier molecular flexibility index (Phi) is 3.28. The first kappa shape index (κ1) is 10.0. The highest BCUT2D eigenvalue weighted by Gasteiger charge is 2.19. The van der Waals surface area contributed by atoms with Crippen molar-refractivity contribution < 1.29 is 14.1 Å². The van der Waals surface area contributed by atoms with E-state index < -0.39 is 0 Å². The van der Waals surface area contributed by atoms with Crippen LogP contribution in [-0.4, -0.2) is 54.6 Å². The van der Waals surface area contributed by atoms with E-state index in [0.29, 0.717) is 0 Å². The first-order chi connectivity index (χ1) is 6.11. The third kappa shape index (κ3) is 2.72. The minimum atomic E-state index is 0.109. The zero-order valence-electron chi connectivity index (χ0n) is 8.54. The van der Waals surface area contributed by atoms with Crippen LogP contribution in [0.25, 0.3) is 0 Å². The molecule has 4 nitrogen and oxygen atoms in total. The maximum Gasteiger partial charge on any atom is 0.333 e. The lowest BCUT2D eigenvalue weighted by molar-refractivity contribution is -0.518. The van der Waals surface area contributed by atoms with Gasteiger partial charge in [0.2, 0.25) is 5.91 Å². The Morgan fingerprint density at radius 3 is 2.85 bits per heavy atom. The molecule has 0 radical (unpaired) electrons. The second-order valence-corrected chi connectivity index (χ2v) is 3.30. The molecule has 0 N–H and O–H groups in total. The van der Waals surface area contributed by atoms with Gasteiger partial charge in [-0.3, -0.25) is 4.79 Å². The van der Waals surface area contributed by atoms with Crippen LogP contribution in [0.5, 0.6) is 0 Å². The molecule has 0 aromatic rings. The molecule has 0 saturated heterocycles. The lowest BCUT2D eigenvalue weighted by Crippen LogP contribution is -2.31. The van der Waals surface area contributed by atoms with Crippen molar-refractivity contribution in [2.75, 3.05) is 33.3 Å². The molecule has 1 amide bonds. The van der Waals surface area contributed by atoms with E-state index in [-0.39, 0.29) is 5.91 Å². The van der Waals surface area contributed by atoms with Gasteiger partial charge in [0, 0.05) is 14.0 Å². The monoisotopic (exact) mass is 185 g/mol. The number of hydrogen-bond donors (Lipinski definition) is 0. The SMILES string of the molecule is CC(=O)N(C)CC[N+]1=C(C)OCC1. The van der Waals surface area contributed by atoms with Crippen molar-refractivity contribution in [2.24, 2.45) is 0 Å². The van der Waals surface area contributed by atoms with Crippen LogP contribution in [-0.2, 0) is 9.53 Å². The summed E-state index contributed by atoms with van der Waals surface area (Å²) in [5.41, 5.74) is 0. The van der Waals surface area contributed by atoms with E-state index in [1.54, 1.807) is 11.8 Å². The zero-order valence-corrected chi connectivity index (χ0v) is 8.54. The molecule has 1 aliphatic heterocycles. The van der Waals surface area contributed by atoms with Gasteiger partial charge in [0.15, 0.2) is 19.7 Å². The van der Waals surface area contributed by atoms with Crippen LogP contribution in [0.15, 0.2) is 0 Å². The predicted octanol–water partition coefficient (Wildman–Crippen LogP) is -0.0742. The van der Waals surface area contributed by atoms with Crippen LogP contribution < -0.4 is 0 Å². The van der Waals surface area contributed by atoms with Crippen molar-refractivity contribution in [1.82, 2.24) is 4.90 Å². The fraction of sp³-hybridized carbons (Fsp3) is 0.778. The maximum atomic E-state index is 10.9. The van der Waals surface area contributed by atoms with Gasteiger partial charge < -0.3 is 9.64 Å². The van der Waals surface area contributed by atoms with E-state index in [1.807, 2.05) is 14.0 Å². The first-order valence-electron chi connectivity index (χ1n) is 4.54. The highest BCUT2D eigenvalue weighted by molar-refractivity contribution is 5.72. The number of amides is 1. The Morgan fingerprint density at radius 1 is 1.69 bits per heavy atom. The molecule has 1 heterocycles. The molecule has 74 valence electrons. The minimum Gasteiger partial charge on any atom is -0.442 e. The molecule has 0 saturated carbocycles. The van der Waals surface area contributed by atoms with Crippen LogP contribution in [0.4, 0.5) is 0 Å². The molecule has 1 aliphatic rings. The molecule has 0 aromatic heterocycles. The second-order valence-electron chi connectivity index (χ2n) is 3.30. The Labute approximate surface area is 78.8 Å². The fourth-order valence-electron chi connectivity index (χ4n) is 1.25. The lowest BCUT2D eigenvalue weighted by atomic mass is 10.5. The molecule has 0 unspecified atom stereocenters. The van der Waals surface area contributed by atoms with Crippen LogP contribution in [0.3, 0.4) is 0 Å². The summed E-state index contributed by atoms with van der Waals surface area (Å²) >= 11 is 0. The number of rotatable bonds is 3. The van der Waals surface area contributed by atoms with Crippen LogP contribution in [0.2, 0.25) is 0 Å². The number of likely N-dealkylation sites (N-methyl/N-ethyl adjacent to an activating group) is 1. The van der Waals surface area contributed by atoms with Crippen molar-refractivity contribution >= 4 is 11.8 Å². The maximum absolute atomic E-state index is 10.9. The molecular weight excluding hydrogens is 168 g/mol. The van der Waals surface area contributed by atoms with Crippen molar-refractivity contribution in [2.45, 2.75) is 13.8 Å². The summed E-state index contributed by atoms with van der Waals surface area (Å²) in [4.78, 5) is 12.6. The molecular formula is C9H17N2O2+. The average Bonchev–Trinajstić information content (AvgIpc) is 2.47. The van der Waals surface area contributed by atoms with E-state index in [4.69, 9.17) is 4.74 Å². The van der Waals surface area contributed by atoms with Crippen LogP contribution >= 0.6 is 0 Å². The van der Waals surface area contributed by atoms with Gasteiger partial charge in [0.25, 0.3) is 0 Å². The van der Waals surface area contributed by atoms with Gasteiger partial charge in [-0.15, -0.1) is 0 Å². The highest BCUT2D eigenvalue weighted by Crippen LogP contribution is 1.94. The molecule has 0 aliphatic carbocycles. The Bertz CT molecular complexity index is 236. The van der Waals surface area contributed by atoms with Gasteiger partial charge in [-0.2, -0.15) is 4.58 Å². The minimum absolute atomic E-state index is 0.109. The largest absolute Gasteiger partial charge is 0.442 e.